The topological polar surface area (TPSA) is 67.5 Å². The van der Waals surface area contributed by atoms with E-state index in [4.69, 9.17) is 9.52 Å². The summed E-state index contributed by atoms with van der Waals surface area (Å²) in [5.74, 6) is -1.68. The number of carboxylic acid groups (broad SMARTS) is 1. The highest BCUT2D eigenvalue weighted by atomic mass is 16.4. The number of carbonyl (C=O) groups is 2. The molecule has 2 rings (SSSR count). The van der Waals surface area contributed by atoms with E-state index < -0.39 is 5.97 Å². The van der Waals surface area contributed by atoms with E-state index in [1.54, 1.807) is 6.07 Å². The Morgan fingerprint density at radius 3 is 2.33 bits per heavy atom. The van der Waals surface area contributed by atoms with Crippen molar-refractivity contribution in [2.24, 2.45) is 0 Å². The van der Waals surface area contributed by atoms with Gasteiger partial charge in [-0.15, -0.1) is 0 Å². The summed E-state index contributed by atoms with van der Waals surface area (Å²) in [6.45, 7) is 3.72. The van der Waals surface area contributed by atoms with Crippen molar-refractivity contribution in [3.63, 3.8) is 0 Å². The van der Waals surface area contributed by atoms with Gasteiger partial charge in [0.25, 0.3) is 0 Å². The van der Waals surface area contributed by atoms with Crippen molar-refractivity contribution < 1.29 is 19.1 Å². The molecule has 1 N–H and O–H groups in total. The Balaban J connectivity index is 2.41. The van der Waals surface area contributed by atoms with E-state index in [9.17, 15) is 9.59 Å². The molecule has 4 heteroatoms. The van der Waals surface area contributed by atoms with Gasteiger partial charge < -0.3 is 9.52 Å². The lowest BCUT2D eigenvalue weighted by molar-refractivity contribution is 0.0660. The molecule has 1 aromatic carbocycles. The minimum Gasteiger partial charge on any atom is -0.475 e. The van der Waals surface area contributed by atoms with Crippen molar-refractivity contribution in [2.75, 3.05) is 0 Å². The van der Waals surface area contributed by atoms with Crippen LogP contribution in [0.2, 0.25) is 0 Å². The fraction of sp³-hybridized carbons (Fsp3) is 0.143. The van der Waals surface area contributed by atoms with Gasteiger partial charge in [0, 0.05) is 5.56 Å². The number of carboxylic acids is 1. The van der Waals surface area contributed by atoms with Gasteiger partial charge in [-0.2, -0.15) is 0 Å². The van der Waals surface area contributed by atoms with Crippen molar-refractivity contribution >= 4 is 11.8 Å². The molecule has 0 fully saturated rings. The average Bonchev–Trinajstić information content (AvgIpc) is 2.81. The van der Waals surface area contributed by atoms with Gasteiger partial charge in [-0.3, -0.25) is 4.79 Å². The molecule has 0 amide bonds. The molecule has 0 radical (unpaired) electrons. The second kappa shape index (κ2) is 4.49. The lowest BCUT2D eigenvalue weighted by Gasteiger charge is -2.04. The van der Waals surface area contributed by atoms with Crippen molar-refractivity contribution in [1.29, 1.82) is 0 Å². The first-order chi connectivity index (χ1) is 8.49. The molecule has 0 bridgehead atoms. The third-order valence-electron chi connectivity index (χ3n) is 2.68. The largest absolute Gasteiger partial charge is 0.475 e. The smallest absolute Gasteiger partial charge is 0.371 e. The van der Waals surface area contributed by atoms with E-state index in [0.29, 0.717) is 5.56 Å². The summed E-state index contributed by atoms with van der Waals surface area (Å²) in [5, 5.41) is 8.74. The summed E-state index contributed by atoms with van der Waals surface area (Å²) in [6.07, 6.45) is 0. The van der Waals surface area contributed by atoms with E-state index in [-0.39, 0.29) is 17.3 Å². The molecule has 0 aliphatic carbocycles. The third kappa shape index (κ3) is 2.18. The van der Waals surface area contributed by atoms with Crippen LogP contribution in [0.5, 0.6) is 0 Å². The van der Waals surface area contributed by atoms with E-state index in [0.717, 1.165) is 11.1 Å². The van der Waals surface area contributed by atoms with E-state index in [1.807, 2.05) is 26.0 Å². The molecule has 0 atom stereocenters. The van der Waals surface area contributed by atoms with Gasteiger partial charge in [0.1, 0.15) is 0 Å². The number of rotatable bonds is 3. The second-order valence-corrected chi connectivity index (χ2v) is 4.12. The number of furan rings is 1. The van der Waals surface area contributed by atoms with Crippen LogP contribution in [0.4, 0.5) is 0 Å². The zero-order valence-electron chi connectivity index (χ0n) is 10.1. The Morgan fingerprint density at radius 2 is 1.72 bits per heavy atom. The second-order valence-electron chi connectivity index (χ2n) is 4.12. The van der Waals surface area contributed by atoms with Crippen molar-refractivity contribution in [2.45, 2.75) is 13.8 Å². The third-order valence-corrected chi connectivity index (χ3v) is 2.68. The average molecular weight is 244 g/mol. The lowest BCUT2D eigenvalue weighted by Crippen LogP contribution is -2.03. The first-order valence-corrected chi connectivity index (χ1v) is 5.44. The fourth-order valence-electron chi connectivity index (χ4n) is 1.69. The number of carbonyl (C=O) groups excluding carboxylic acids is 1. The standard InChI is InChI=1S/C14H12O4/c1-8-3-4-9(2)10(7-8)13(15)11-5-6-12(18-11)14(16)17/h3-7H,1-2H3,(H,16,17). The minimum atomic E-state index is -1.19. The number of hydrogen-bond acceptors (Lipinski definition) is 3. The Bertz CT molecular complexity index is 622. The molecule has 18 heavy (non-hydrogen) atoms. The van der Waals surface area contributed by atoms with Gasteiger partial charge >= 0.3 is 5.97 Å². The number of aromatic carboxylic acids is 1. The predicted octanol–water partition coefficient (Wildman–Crippen LogP) is 2.83. The number of benzene rings is 1. The van der Waals surface area contributed by atoms with Crippen molar-refractivity contribution in [1.82, 2.24) is 0 Å². The molecular formula is C14H12O4. The summed E-state index contributed by atoms with van der Waals surface area (Å²) in [7, 11) is 0. The van der Waals surface area contributed by atoms with Crippen LogP contribution in [0.25, 0.3) is 0 Å². The molecule has 92 valence electrons. The lowest BCUT2D eigenvalue weighted by atomic mass is 10.0. The van der Waals surface area contributed by atoms with Crippen LogP contribution in [-0.2, 0) is 0 Å². The first kappa shape index (κ1) is 12.1. The molecule has 0 spiro atoms. The predicted molar refractivity (Wildman–Crippen MR) is 65.0 cm³/mol. The van der Waals surface area contributed by atoms with Crippen LogP contribution in [-0.4, -0.2) is 16.9 Å². The zero-order valence-corrected chi connectivity index (χ0v) is 10.1. The van der Waals surface area contributed by atoms with Gasteiger partial charge in [-0.1, -0.05) is 17.7 Å². The maximum atomic E-state index is 12.2. The van der Waals surface area contributed by atoms with Crippen LogP contribution in [0.3, 0.4) is 0 Å². The number of hydrogen-bond donors (Lipinski definition) is 1. The van der Waals surface area contributed by atoms with Gasteiger partial charge in [0.05, 0.1) is 0 Å². The van der Waals surface area contributed by atoms with Crippen LogP contribution >= 0.6 is 0 Å². The molecule has 1 heterocycles. The number of aryl methyl sites for hydroxylation is 2. The zero-order chi connectivity index (χ0) is 13.3. The number of ketones is 1. The summed E-state index contributed by atoms with van der Waals surface area (Å²) < 4.78 is 5.01. The maximum Gasteiger partial charge on any atom is 0.371 e. The SMILES string of the molecule is Cc1ccc(C)c(C(=O)c2ccc(C(=O)O)o2)c1. The molecule has 0 unspecified atom stereocenters. The first-order valence-electron chi connectivity index (χ1n) is 5.44. The molecule has 0 saturated heterocycles. The summed E-state index contributed by atoms with van der Waals surface area (Å²) >= 11 is 0. The van der Waals surface area contributed by atoms with Crippen molar-refractivity contribution in [3.8, 4) is 0 Å². The fourth-order valence-corrected chi connectivity index (χ4v) is 1.69. The summed E-state index contributed by atoms with van der Waals surface area (Å²) in [4.78, 5) is 22.9. The maximum absolute atomic E-state index is 12.2. The van der Waals surface area contributed by atoms with Crippen LogP contribution in [0.15, 0.2) is 34.7 Å². The van der Waals surface area contributed by atoms with Crippen molar-refractivity contribution in [3.05, 3.63) is 58.5 Å². The summed E-state index contributed by atoms with van der Waals surface area (Å²) in [6, 6.07) is 8.19. The van der Waals surface area contributed by atoms with Gasteiger partial charge in [-0.05, 0) is 37.6 Å². The molecule has 0 aliphatic heterocycles. The quantitative estimate of drug-likeness (QED) is 0.843. The highest BCUT2D eigenvalue weighted by Crippen LogP contribution is 2.17. The molecular weight excluding hydrogens is 232 g/mol. The Labute approximate surface area is 104 Å². The van der Waals surface area contributed by atoms with E-state index in [2.05, 4.69) is 0 Å². The van der Waals surface area contributed by atoms with Crippen LogP contribution < -0.4 is 0 Å². The van der Waals surface area contributed by atoms with E-state index in [1.165, 1.54) is 12.1 Å². The Morgan fingerprint density at radius 1 is 1.06 bits per heavy atom. The monoisotopic (exact) mass is 244 g/mol. The molecule has 0 aliphatic rings. The summed E-state index contributed by atoms with van der Waals surface area (Å²) in [5.41, 5.74) is 2.33. The van der Waals surface area contributed by atoms with Gasteiger partial charge in [0.15, 0.2) is 5.76 Å². The molecule has 2 aromatic rings. The Kier molecular flexibility index (Phi) is 3.02. The van der Waals surface area contributed by atoms with Crippen LogP contribution in [0, 0.1) is 13.8 Å². The highest BCUT2D eigenvalue weighted by molar-refractivity contribution is 6.08. The van der Waals surface area contributed by atoms with E-state index >= 15 is 0 Å². The normalized spacial score (nSPS) is 10.3. The molecule has 4 nitrogen and oxygen atoms in total. The minimum absolute atomic E-state index is 0.0427. The highest BCUT2D eigenvalue weighted by Gasteiger charge is 2.18. The van der Waals surface area contributed by atoms with Crippen LogP contribution in [0.1, 0.15) is 37.8 Å². The van der Waals surface area contributed by atoms with Gasteiger partial charge in [-0.25, -0.2) is 4.79 Å². The van der Waals surface area contributed by atoms with Gasteiger partial charge in [0.2, 0.25) is 11.5 Å². The molecule has 1 aromatic heterocycles. The Hall–Kier alpha value is -2.36. The molecule has 0 saturated carbocycles.